The lowest BCUT2D eigenvalue weighted by molar-refractivity contribution is 0.0532. The van der Waals surface area contributed by atoms with E-state index in [1.165, 1.54) is 0 Å². The number of carbonyl (C=O) groups is 1. The van der Waals surface area contributed by atoms with E-state index >= 15 is 0 Å². The van der Waals surface area contributed by atoms with Crippen LogP contribution in [0.3, 0.4) is 0 Å². The minimum atomic E-state index is -0.370. The maximum atomic E-state index is 13.4. The standard InChI is InChI=1S/C22H24O7/c1-24-10-16(7-14-3-5-18-20(8-14)28-12-26-18)17(11-25-2)22(23)15-4-6-19-21(9-15)29-13-27-19/h3-6,8-9,16-17H,7,10-13H2,1-2H3. The summed E-state index contributed by atoms with van der Waals surface area (Å²) in [5.74, 6) is 2.26. The van der Waals surface area contributed by atoms with Gasteiger partial charge in [-0.3, -0.25) is 4.79 Å². The first kappa shape index (κ1) is 19.5. The van der Waals surface area contributed by atoms with Gasteiger partial charge in [-0.2, -0.15) is 0 Å². The average Bonchev–Trinajstić information content (AvgIpc) is 3.39. The summed E-state index contributed by atoms with van der Waals surface area (Å²) in [5, 5.41) is 0. The maximum absolute atomic E-state index is 13.4. The molecule has 0 amide bonds. The summed E-state index contributed by atoms with van der Waals surface area (Å²) in [4.78, 5) is 13.4. The number of ketones is 1. The molecule has 0 saturated carbocycles. The molecule has 154 valence electrons. The SMILES string of the molecule is COCC(Cc1ccc2c(c1)OCO2)C(COC)C(=O)c1ccc2c(c1)OCO2. The Hall–Kier alpha value is -2.77. The number of rotatable bonds is 9. The summed E-state index contributed by atoms with van der Waals surface area (Å²) in [7, 11) is 3.24. The van der Waals surface area contributed by atoms with Gasteiger partial charge in [-0.15, -0.1) is 0 Å². The monoisotopic (exact) mass is 400 g/mol. The van der Waals surface area contributed by atoms with E-state index in [2.05, 4.69) is 0 Å². The minimum absolute atomic E-state index is 0.00653. The molecule has 2 aromatic rings. The van der Waals surface area contributed by atoms with Crippen molar-refractivity contribution in [2.24, 2.45) is 11.8 Å². The van der Waals surface area contributed by atoms with Crippen molar-refractivity contribution in [3.8, 4) is 23.0 Å². The van der Waals surface area contributed by atoms with Crippen molar-refractivity contribution in [2.75, 3.05) is 41.0 Å². The normalized spacial score (nSPS) is 15.9. The van der Waals surface area contributed by atoms with Crippen molar-refractivity contribution in [2.45, 2.75) is 6.42 Å². The van der Waals surface area contributed by atoms with Crippen LogP contribution in [0.5, 0.6) is 23.0 Å². The first-order valence-electron chi connectivity index (χ1n) is 9.50. The Bertz CT molecular complexity index is 879. The Balaban J connectivity index is 1.57. The molecule has 2 aliphatic rings. The van der Waals surface area contributed by atoms with Crippen LogP contribution in [0.1, 0.15) is 15.9 Å². The number of carbonyl (C=O) groups excluding carboxylic acids is 1. The van der Waals surface area contributed by atoms with Crippen molar-refractivity contribution in [3.63, 3.8) is 0 Å². The van der Waals surface area contributed by atoms with Crippen molar-refractivity contribution in [1.82, 2.24) is 0 Å². The molecule has 2 unspecified atom stereocenters. The third kappa shape index (κ3) is 4.16. The van der Waals surface area contributed by atoms with Crippen molar-refractivity contribution in [3.05, 3.63) is 47.5 Å². The van der Waals surface area contributed by atoms with E-state index in [1.807, 2.05) is 18.2 Å². The van der Waals surface area contributed by atoms with Crippen LogP contribution in [-0.2, 0) is 15.9 Å². The molecule has 2 aliphatic heterocycles. The summed E-state index contributed by atoms with van der Waals surface area (Å²) >= 11 is 0. The number of methoxy groups -OCH3 is 2. The Morgan fingerprint density at radius 3 is 2.17 bits per heavy atom. The van der Waals surface area contributed by atoms with Gasteiger partial charge in [0, 0.05) is 19.8 Å². The Morgan fingerprint density at radius 1 is 0.862 bits per heavy atom. The topological polar surface area (TPSA) is 72.5 Å². The average molecular weight is 400 g/mol. The third-order valence-corrected chi connectivity index (χ3v) is 5.22. The van der Waals surface area contributed by atoms with Crippen LogP contribution in [-0.4, -0.2) is 46.8 Å². The number of benzene rings is 2. The quantitative estimate of drug-likeness (QED) is 0.599. The molecule has 0 bridgehead atoms. The molecule has 0 spiro atoms. The van der Waals surface area contributed by atoms with E-state index in [9.17, 15) is 4.79 Å². The van der Waals surface area contributed by atoms with Gasteiger partial charge in [-0.25, -0.2) is 0 Å². The molecule has 2 atom stereocenters. The molecular weight excluding hydrogens is 376 g/mol. The van der Waals surface area contributed by atoms with Gasteiger partial charge in [0.05, 0.1) is 19.1 Å². The van der Waals surface area contributed by atoms with Crippen molar-refractivity contribution < 1.29 is 33.2 Å². The van der Waals surface area contributed by atoms with E-state index in [0.717, 1.165) is 17.1 Å². The van der Waals surface area contributed by atoms with E-state index in [-0.39, 0.29) is 31.2 Å². The lowest BCUT2D eigenvalue weighted by atomic mass is 9.82. The molecule has 7 nitrogen and oxygen atoms in total. The fourth-order valence-electron chi connectivity index (χ4n) is 3.77. The van der Waals surface area contributed by atoms with Crippen LogP contribution < -0.4 is 18.9 Å². The second-order valence-corrected chi connectivity index (χ2v) is 7.10. The van der Waals surface area contributed by atoms with E-state index in [1.54, 1.807) is 32.4 Å². The van der Waals surface area contributed by atoms with Gasteiger partial charge in [-0.05, 0) is 48.2 Å². The summed E-state index contributed by atoms with van der Waals surface area (Å²) < 4.78 is 32.5. The van der Waals surface area contributed by atoms with Crippen LogP contribution in [0.25, 0.3) is 0 Å². The number of fused-ring (bicyclic) bond motifs is 2. The zero-order valence-corrected chi connectivity index (χ0v) is 16.5. The van der Waals surface area contributed by atoms with Crippen LogP contribution in [0.15, 0.2) is 36.4 Å². The molecule has 29 heavy (non-hydrogen) atoms. The van der Waals surface area contributed by atoms with Crippen molar-refractivity contribution in [1.29, 1.82) is 0 Å². The number of hydrogen-bond acceptors (Lipinski definition) is 7. The van der Waals surface area contributed by atoms with E-state index < -0.39 is 0 Å². The Kier molecular flexibility index (Phi) is 5.87. The van der Waals surface area contributed by atoms with Gasteiger partial charge in [0.25, 0.3) is 0 Å². The Morgan fingerprint density at radius 2 is 1.48 bits per heavy atom. The minimum Gasteiger partial charge on any atom is -0.454 e. The first-order chi connectivity index (χ1) is 14.2. The highest BCUT2D eigenvalue weighted by Gasteiger charge is 2.31. The van der Waals surface area contributed by atoms with Crippen LogP contribution in [0, 0.1) is 11.8 Å². The summed E-state index contributed by atoms with van der Waals surface area (Å²) in [6, 6.07) is 11.1. The van der Waals surface area contributed by atoms with Crippen LogP contribution >= 0.6 is 0 Å². The van der Waals surface area contributed by atoms with Gasteiger partial charge < -0.3 is 28.4 Å². The fraction of sp³-hybridized carbons (Fsp3) is 0.409. The number of Topliss-reactive ketones (excluding diaryl/α,β-unsaturated/α-hetero) is 1. The molecule has 0 N–H and O–H groups in total. The van der Waals surface area contributed by atoms with Gasteiger partial charge in [-0.1, -0.05) is 6.07 Å². The highest BCUT2D eigenvalue weighted by Crippen LogP contribution is 2.36. The zero-order chi connectivity index (χ0) is 20.2. The number of ether oxygens (including phenoxy) is 6. The molecule has 2 heterocycles. The van der Waals surface area contributed by atoms with Gasteiger partial charge in [0.1, 0.15) is 0 Å². The highest BCUT2D eigenvalue weighted by atomic mass is 16.7. The molecule has 0 radical (unpaired) electrons. The fourth-order valence-corrected chi connectivity index (χ4v) is 3.77. The lowest BCUT2D eigenvalue weighted by Gasteiger charge is -2.25. The smallest absolute Gasteiger partial charge is 0.231 e. The van der Waals surface area contributed by atoms with Gasteiger partial charge in [0.15, 0.2) is 28.8 Å². The van der Waals surface area contributed by atoms with Gasteiger partial charge >= 0.3 is 0 Å². The number of hydrogen-bond donors (Lipinski definition) is 0. The molecule has 0 aliphatic carbocycles. The largest absolute Gasteiger partial charge is 0.454 e. The van der Waals surface area contributed by atoms with Crippen molar-refractivity contribution >= 4 is 5.78 Å². The molecule has 2 aromatic carbocycles. The molecule has 4 rings (SSSR count). The van der Waals surface area contributed by atoms with Gasteiger partial charge in [0.2, 0.25) is 13.6 Å². The summed E-state index contributed by atoms with van der Waals surface area (Å²) in [6.07, 6.45) is 0.648. The second-order valence-electron chi connectivity index (χ2n) is 7.10. The maximum Gasteiger partial charge on any atom is 0.231 e. The second kappa shape index (κ2) is 8.71. The van der Waals surface area contributed by atoms with Crippen LogP contribution in [0.4, 0.5) is 0 Å². The third-order valence-electron chi connectivity index (χ3n) is 5.22. The van der Waals surface area contributed by atoms with Crippen LogP contribution in [0.2, 0.25) is 0 Å². The Labute approximate surface area is 169 Å². The summed E-state index contributed by atoms with van der Waals surface area (Å²) in [5.41, 5.74) is 1.62. The molecule has 0 fully saturated rings. The molecular formula is C22H24O7. The predicted octanol–water partition coefficient (Wildman–Crippen LogP) is 3.09. The van der Waals surface area contributed by atoms with E-state index in [0.29, 0.717) is 36.7 Å². The van der Waals surface area contributed by atoms with E-state index in [4.69, 9.17) is 28.4 Å². The predicted molar refractivity (Wildman–Crippen MR) is 104 cm³/mol. The molecule has 0 saturated heterocycles. The molecule has 0 aromatic heterocycles. The zero-order valence-electron chi connectivity index (χ0n) is 16.5. The molecule has 7 heteroatoms. The first-order valence-corrected chi connectivity index (χ1v) is 9.50. The highest BCUT2D eigenvalue weighted by molar-refractivity contribution is 5.98. The summed E-state index contributed by atoms with van der Waals surface area (Å²) in [6.45, 7) is 1.13. The lowest BCUT2D eigenvalue weighted by Crippen LogP contribution is -2.32.